The second-order valence-electron chi connectivity index (χ2n) is 6.72. The number of hydrogen-bond donors (Lipinski definition) is 1. The molecule has 0 spiro atoms. The highest BCUT2D eigenvalue weighted by molar-refractivity contribution is 7.16. The standard InChI is InChI=1S/C17H20N2O2S/c1-19(13-4-11-6-14(20)7-12(11)5-13)17(21)10-2-3-15-16(8-10)22-9-18-15/h2-3,8-9,11-14,20H,4-7H2,1H3/t11-,12+,13?,14?. The van der Waals surface area contributed by atoms with Crippen LogP contribution in [-0.2, 0) is 0 Å². The molecule has 4 nitrogen and oxygen atoms in total. The van der Waals surface area contributed by atoms with Crippen molar-refractivity contribution in [1.29, 1.82) is 0 Å². The van der Waals surface area contributed by atoms with E-state index in [9.17, 15) is 9.90 Å². The fourth-order valence-electron chi connectivity index (χ4n) is 4.23. The highest BCUT2D eigenvalue weighted by Crippen LogP contribution is 2.45. The van der Waals surface area contributed by atoms with Crippen LogP contribution in [0.1, 0.15) is 36.0 Å². The molecule has 1 aromatic heterocycles. The number of aliphatic hydroxyl groups is 1. The fourth-order valence-corrected chi connectivity index (χ4v) is 4.94. The molecule has 22 heavy (non-hydrogen) atoms. The molecule has 0 radical (unpaired) electrons. The summed E-state index contributed by atoms with van der Waals surface area (Å²) in [6, 6.07) is 6.06. The Morgan fingerprint density at radius 3 is 2.73 bits per heavy atom. The maximum absolute atomic E-state index is 12.7. The Morgan fingerprint density at radius 1 is 1.27 bits per heavy atom. The quantitative estimate of drug-likeness (QED) is 0.927. The topological polar surface area (TPSA) is 53.4 Å². The number of benzene rings is 1. The highest BCUT2D eigenvalue weighted by atomic mass is 32.1. The van der Waals surface area contributed by atoms with Gasteiger partial charge in [0.1, 0.15) is 0 Å². The van der Waals surface area contributed by atoms with Crippen LogP contribution in [0, 0.1) is 11.8 Å². The summed E-state index contributed by atoms with van der Waals surface area (Å²) in [6.45, 7) is 0. The summed E-state index contributed by atoms with van der Waals surface area (Å²) in [7, 11) is 1.92. The van der Waals surface area contributed by atoms with Crippen LogP contribution in [0.5, 0.6) is 0 Å². The average molecular weight is 316 g/mol. The maximum Gasteiger partial charge on any atom is 0.253 e. The summed E-state index contributed by atoms with van der Waals surface area (Å²) < 4.78 is 1.06. The Hall–Kier alpha value is -1.46. The van der Waals surface area contributed by atoms with E-state index in [1.807, 2.05) is 35.7 Å². The zero-order valence-electron chi connectivity index (χ0n) is 12.6. The van der Waals surface area contributed by atoms with Gasteiger partial charge in [-0.15, -0.1) is 11.3 Å². The van der Waals surface area contributed by atoms with Gasteiger partial charge in [-0.25, -0.2) is 4.98 Å². The number of aromatic nitrogens is 1. The van der Waals surface area contributed by atoms with E-state index in [1.165, 1.54) is 0 Å². The molecule has 0 bridgehead atoms. The highest BCUT2D eigenvalue weighted by Gasteiger charge is 2.43. The lowest BCUT2D eigenvalue weighted by Crippen LogP contribution is -2.36. The van der Waals surface area contributed by atoms with Gasteiger partial charge < -0.3 is 10.0 Å². The van der Waals surface area contributed by atoms with Crippen LogP contribution in [0.3, 0.4) is 0 Å². The van der Waals surface area contributed by atoms with Crippen LogP contribution in [0.25, 0.3) is 10.2 Å². The molecule has 1 heterocycles. The van der Waals surface area contributed by atoms with Gasteiger partial charge in [0.2, 0.25) is 0 Å². The Kier molecular flexibility index (Phi) is 3.42. The smallest absolute Gasteiger partial charge is 0.253 e. The van der Waals surface area contributed by atoms with Gasteiger partial charge >= 0.3 is 0 Å². The Morgan fingerprint density at radius 2 is 2.00 bits per heavy atom. The normalized spacial score (nSPS) is 30.6. The number of carbonyl (C=O) groups is 1. The summed E-state index contributed by atoms with van der Waals surface area (Å²) in [4.78, 5) is 18.9. The second-order valence-corrected chi connectivity index (χ2v) is 7.61. The number of nitrogens with zero attached hydrogens (tertiary/aromatic N) is 2. The van der Waals surface area contributed by atoms with Crippen molar-refractivity contribution in [2.24, 2.45) is 11.8 Å². The molecule has 2 aromatic rings. The third-order valence-electron chi connectivity index (χ3n) is 5.41. The Bertz CT molecular complexity index is 700. The summed E-state index contributed by atoms with van der Waals surface area (Å²) in [5, 5.41) is 9.74. The molecule has 2 unspecified atom stereocenters. The van der Waals surface area contributed by atoms with Crippen LogP contribution in [0.4, 0.5) is 0 Å². The monoisotopic (exact) mass is 316 g/mol. The third-order valence-corrected chi connectivity index (χ3v) is 6.20. The van der Waals surface area contributed by atoms with Gasteiger partial charge in [0, 0.05) is 18.7 Å². The molecule has 4 atom stereocenters. The second kappa shape index (κ2) is 5.32. The van der Waals surface area contributed by atoms with E-state index in [0.29, 0.717) is 17.9 Å². The maximum atomic E-state index is 12.7. The minimum Gasteiger partial charge on any atom is -0.393 e. The molecule has 2 fully saturated rings. The zero-order chi connectivity index (χ0) is 15.3. The van der Waals surface area contributed by atoms with Crippen LogP contribution in [-0.4, -0.2) is 40.1 Å². The number of thiazole rings is 1. The van der Waals surface area contributed by atoms with Gasteiger partial charge in [0.05, 0.1) is 21.8 Å². The van der Waals surface area contributed by atoms with Crippen LogP contribution < -0.4 is 0 Å². The van der Waals surface area contributed by atoms with E-state index < -0.39 is 0 Å². The molecular weight excluding hydrogens is 296 g/mol. The van der Waals surface area contributed by atoms with Gasteiger partial charge in [-0.3, -0.25) is 4.79 Å². The van der Waals surface area contributed by atoms with Crippen LogP contribution >= 0.6 is 11.3 Å². The summed E-state index contributed by atoms with van der Waals surface area (Å²) >= 11 is 1.57. The molecule has 1 aromatic carbocycles. The average Bonchev–Trinajstić information content (AvgIpc) is 3.18. The molecule has 2 saturated carbocycles. The number of rotatable bonds is 2. The number of carbonyl (C=O) groups excluding carboxylic acids is 1. The molecular formula is C17H20N2O2S. The van der Waals surface area contributed by atoms with E-state index in [0.717, 1.165) is 41.5 Å². The van der Waals surface area contributed by atoms with Crippen molar-refractivity contribution < 1.29 is 9.90 Å². The van der Waals surface area contributed by atoms with Crippen LogP contribution in [0.2, 0.25) is 0 Å². The summed E-state index contributed by atoms with van der Waals surface area (Å²) in [5.74, 6) is 1.29. The third kappa shape index (κ3) is 2.32. The first-order valence-corrected chi connectivity index (χ1v) is 8.78. The van der Waals surface area contributed by atoms with Crippen molar-refractivity contribution in [3.05, 3.63) is 29.3 Å². The van der Waals surface area contributed by atoms with E-state index in [2.05, 4.69) is 4.98 Å². The molecule has 4 rings (SSSR count). The van der Waals surface area contributed by atoms with Crippen molar-refractivity contribution in [3.8, 4) is 0 Å². The molecule has 116 valence electrons. The molecule has 1 amide bonds. The molecule has 0 aliphatic heterocycles. The number of fused-ring (bicyclic) bond motifs is 2. The predicted octanol–water partition coefficient (Wildman–Crippen LogP) is 2.92. The Balaban J connectivity index is 1.50. The lowest BCUT2D eigenvalue weighted by Gasteiger charge is -2.25. The van der Waals surface area contributed by atoms with E-state index in [4.69, 9.17) is 0 Å². The first kappa shape index (κ1) is 14.2. The van der Waals surface area contributed by atoms with Crippen molar-refractivity contribution in [3.63, 3.8) is 0 Å². The molecule has 2 aliphatic carbocycles. The number of aliphatic hydroxyl groups excluding tert-OH is 1. The fraction of sp³-hybridized carbons (Fsp3) is 0.529. The zero-order valence-corrected chi connectivity index (χ0v) is 13.4. The van der Waals surface area contributed by atoms with Crippen molar-refractivity contribution in [2.75, 3.05) is 7.05 Å². The summed E-state index contributed by atoms with van der Waals surface area (Å²) in [5.41, 5.74) is 3.51. The van der Waals surface area contributed by atoms with Gasteiger partial charge in [-0.2, -0.15) is 0 Å². The first-order chi connectivity index (χ1) is 10.6. The molecule has 1 N–H and O–H groups in total. The van der Waals surface area contributed by atoms with E-state index >= 15 is 0 Å². The minimum absolute atomic E-state index is 0.0980. The number of hydrogen-bond acceptors (Lipinski definition) is 4. The predicted molar refractivity (Wildman–Crippen MR) is 87.0 cm³/mol. The SMILES string of the molecule is CN(C(=O)c1ccc2ncsc2c1)C1C[C@H]2CC(O)C[C@H]2C1. The largest absolute Gasteiger partial charge is 0.393 e. The molecule has 0 saturated heterocycles. The first-order valence-electron chi connectivity index (χ1n) is 7.90. The van der Waals surface area contributed by atoms with E-state index in [-0.39, 0.29) is 12.0 Å². The van der Waals surface area contributed by atoms with E-state index in [1.54, 1.807) is 11.3 Å². The van der Waals surface area contributed by atoms with Gasteiger partial charge in [0.15, 0.2) is 0 Å². The van der Waals surface area contributed by atoms with Gasteiger partial charge in [-0.1, -0.05) is 0 Å². The molecule has 5 heteroatoms. The summed E-state index contributed by atoms with van der Waals surface area (Å²) in [6.07, 6.45) is 3.77. The Labute approximate surface area is 133 Å². The van der Waals surface area contributed by atoms with Crippen molar-refractivity contribution >= 4 is 27.5 Å². The minimum atomic E-state index is -0.120. The van der Waals surface area contributed by atoms with Crippen molar-refractivity contribution in [1.82, 2.24) is 9.88 Å². The van der Waals surface area contributed by atoms with Crippen LogP contribution in [0.15, 0.2) is 23.7 Å². The van der Waals surface area contributed by atoms with Gasteiger partial charge in [0.25, 0.3) is 5.91 Å². The van der Waals surface area contributed by atoms with Gasteiger partial charge in [-0.05, 0) is 55.7 Å². The number of amides is 1. The lowest BCUT2D eigenvalue weighted by atomic mass is 10.0. The lowest BCUT2D eigenvalue weighted by molar-refractivity contribution is 0.0722. The van der Waals surface area contributed by atoms with Crippen molar-refractivity contribution in [2.45, 2.75) is 37.8 Å². The molecule has 2 aliphatic rings.